The normalized spacial score (nSPS) is 14.5. The SMILES string of the molecule is O=[N+]([O-])c1ccc2c(c1)OCOC2. The first-order chi connectivity index (χ1) is 6.27. The summed E-state index contributed by atoms with van der Waals surface area (Å²) in [6.45, 7) is 0.613. The average molecular weight is 181 g/mol. The molecule has 1 aromatic rings. The Kier molecular flexibility index (Phi) is 1.86. The van der Waals surface area contributed by atoms with Gasteiger partial charge in [-0.2, -0.15) is 0 Å². The fourth-order valence-electron chi connectivity index (χ4n) is 1.17. The first kappa shape index (κ1) is 8.00. The topological polar surface area (TPSA) is 61.6 Å². The number of nitro groups is 1. The van der Waals surface area contributed by atoms with Crippen molar-refractivity contribution >= 4 is 5.69 Å². The Morgan fingerprint density at radius 2 is 2.31 bits per heavy atom. The quantitative estimate of drug-likeness (QED) is 0.486. The van der Waals surface area contributed by atoms with E-state index in [-0.39, 0.29) is 12.5 Å². The van der Waals surface area contributed by atoms with E-state index in [2.05, 4.69) is 0 Å². The number of rotatable bonds is 1. The van der Waals surface area contributed by atoms with E-state index in [9.17, 15) is 10.1 Å². The van der Waals surface area contributed by atoms with Crippen LogP contribution >= 0.6 is 0 Å². The van der Waals surface area contributed by atoms with E-state index >= 15 is 0 Å². The van der Waals surface area contributed by atoms with E-state index in [0.29, 0.717) is 12.4 Å². The molecule has 1 aliphatic heterocycles. The highest BCUT2D eigenvalue weighted by molar-refractivity contribution is 5.44. The van der Waals surface area contributed by atoms with Crippen LogP contribution in [-0.2, 0) is 11.3 Å². The fourth-order valence-corrected chi connectivity index (χ4v) is 1.17. The summed E-state index contributed by atoms with van der Waals surface area (Å²) in [7, 11) is 0. The summed E-state index contributed by atoms with van der Waals surface area (Å²) < 4.78 is 10.1. The van der Waals surface area contributed by atoms with Gasteiger partial charge in [0.25, 0.3) is 5.69 Å². The van der Waals surface area contributed by atoms with E-state index in [1.165, 1.54) is 12.1 Å². The first-order valence-electron chi connectivity index (χ1n) is 3.75. The molecule has 0 aliphatic carbocycles. The van der Waals surface area contributed by atoms with Gasteiger partial charge in [-0.3, -0.25) is 10.1 Å². The predicted octanol–water partition coefficient (Wildman–Crippen LogP) is 1.46. The Hall–Kier alpha value is -1.62. The van der Waals surface area contributed by atoms with Crippen LogP contribution in [-0.4, -0.2) is 11.7 Å². The first-order valence-corrected chi connectivity index (χ1v) is 3.75. The monoisotopic (exact) mass is 181 g/mol. The van der Waals surface area contributed by atoms with Crippen molar-refractivity contribution in [3.63, 3.8) is 0 Å². The smallest absolute Gasteiger partial charge is 0.273 e. The van der Waals surface area contributed by atoms with Crippen LogP contribution in [0.4, 0.5) is 5.69 Å². The van der Waals surface area contributed by atoms with Gasteiger partial charge >= 0.3 is 0 Å². The molecule has 13 heavy (non-hydrogen) atoms. The number of ether oxygens (including phenoxy) is 2. The molecule has 68 valence electrons. The minimum Gasteiger partial charge on any atom is -0.467 e. The molecule has 0 bridgehead atoms. The molecule has 0 saturated carbocycles. The zero-order valence-electron chi connectivity index (χ0n) is 6.73. The molecule has 0 aromatic heterocycles. The van der Waals surface area contributed by atoms with Gasteiger partial charge in [0, 0.05) is 11.6 Å². The molecule has 0 radical (unpaired) electrons. The molecule has 0 amide bonds. The molecule has 1 aromatic carbocycles. The minimum absolute atomic E-state index is 0.0423. The van der Waals surface area contributed by atoms with Crippen molar-refractivity contribution in [2.45, 2.75) is 6.61 Å². The summed E-state index contributed by atoms with van der Waals surface area (Å²) in [6.07, 6.45) is 0. The second kappa shape index (κ2) is 3.02. The second-order valence-corrected chi connectivity index (χ2v) is 2.66. The number of nitrogens with zero attached hydrogens (tertiary/aromatic N) is 1. The van der Waals surface area contributed by atoms with Gasteiger partial charge in [0.05, 0.1) is 17.6 Å². The lowest BCUT2D eigenvalue weighted by molar-refractivity contribution is -0.385. The zero-order valence-corrected chi connectivity index (χ0v) is 6.73. The maximum absolute atomic E-state index is 10.4. The fraction of sp³-hybridized carbons (Fsp3) is 0.250. The third-order valence-corrected chi connectivity index (χ3v) is 1.82. The van der Waals surface area contributed by atoms with Crippen LogP contribution in [0.2, 0.25) is 0 Å². The van der Waals surface area contributed by atoms with Gasteiger partial charge in [-0.1, -0.05) is 0 Å². The molecule has 0 atom stereocenters. The molecule has 1 heterocycles. The maximum atomic E-state index is 10.4. The Bertz CT molecular complexity index is 350. The van der Waals surface area contributed by atoms with Crippen molar-refractivity contribution in [3.05, 3.63) is 33.9 Å². The number of benzene rings is 1. The molecular weight excluding hydrogens is 174 g/mol. The number of hydrogen-bond acceptors (Lipinski definition) is 4. The summed E-state index contributed by atoms with van der Waals surface area (Å²) in [5.74, 6) is 0.542. The van der Waals surface area contributed by atoms with Crippen molar-refractivity contribution in [1.29, 1.82) is 0 Å². The van der Waals surface area contributed by atoms with Gasteiger partial charge in [-0.25, -0.2) is 0 Å². The molecule has 1 aliphatic rings. The maximum Gasteiger partial charge on any atom is 0.273 e. The second-order valence-electron chi connectivity index (χ2n) is 2.66. The standard InChI is InChI=1S/C8H7NO4/c10-9(11)7-2-1-6-4-12-5-13-8(6)3-7/h1-3H,4-5H2. The predicted molar refractivity (Wildman–Crippen MR) is 43.4 cm³/mol. The van der Waals surface area contributed by atoms with Gasteiger partial charge in [0.15, 0.2) is 6.79 Å². The summed E-state index contributed by atoms with van der Waals surface area (Å²) in [5.41, 5.74) is 0.887. The molecule has 0 fully saturated rings. The van der Waals surface area contributed by atoms with Gasteiger partial charge in [-0.05, 0) is 6.07 Å². The van der Waals surface area contributed by atoms with Crippen molar-refractivity contribution in [2.75, 3.05) is 6.79 Å². The Morgan fingerprint density at radius 3 is 3.08 bits per heavy atom. The highest BCUT2D eigenvalue weighted by atomic mass is 16.7. The molecule has 0 unspecified atom stereocenters. The molecule has 0 saturated heterocycles. The van der Waals surface area contributed by atoms with Crippen LogP contribution in [0, 0.1) is 10.1 Å². The third kappa shape index (κ3) is 1.46. The molecular formula is C8H7NO4. The molecule has 0 N–H and O–H groups in total. The van der Waals surface area contributed by atoms with E-state index in [1.54, 1.807) is 6.07 Å². The van der Waals surface area contributed by atoms with Crippen molar-refractivity contribution in [3.8, 4) is 5.75 Å². The van der Waals surface area contributed by atoms with Crippen LogP contribution in [0.15, 0.2) is 18.2 Å². The summed E-state index contributed by atoms with van der Waals surface area (Å²) in [4.78, 5) is 9.96. The lowest BCUT2D eigenvalue weighted by Crippen LogP contribution is -2.11. The van der Waals surface area contributed by atoms with Crippen LogP contribution in [0.5, 0.6) is 5.75 Å². The van der Waals surface area contributed by atoms with E-state index < -0.39 is 4.92 Å². The van der Waals surface area contributed by atoms with Crippen LogP contribution < -0.4 is 4.74 Å². The number of hydrogen-bond donors (Lipinski definition) is 0. The van der Waals surface area contributed by atoms with Crippen LogP contribution in [0.3, 0.4) is 0 Å². The minimum atomic E-state index is -0.445. The summed E-state index contributed by atoms with van der Waals surface area (Å²) in [6, 6.07) is 4.50. The van der Waals surface area contributed by atoms with E-state index in [4.69, 9.17) is 9.47 Å². The highest BCUT2D eigenvalue weighted by Crippen LogP contribution is 2.27. The van der Waals surface area contributed by atoms with Crippen molar-refractivity contribution in [2.24, 2.45) is 0 Å². The molecule has 5 heteroatoms. The van der Waals surface area contributed by atoms with Crippen molar-refractivity contribution in [1.82, 2.24) is 0 Å². The van der Waals surface area contributed by atoms with Gasteiger partial charge in [-0.15, -0.1) is 0 Å². The number of fused-ring (bicyclic) bond motifs is 1. The Morgan fingerprint density at radius 1 is 1.46 bits per heavy atom. The van der Waals surface area contributed by atoms with Gasteiger partial charge in [0.1, 0.15) is 5.75 Å². The molecule has 5 nitrogen and oxygen atoms in total. The molecule has 0 spiro atoms. The Balaban J connectivity index is 2.40. The number of nitro benzene ring substituents is 1. The largest absolute Gasteiger partial charge is 0.467 e. The highest BCUT2D eigenvalue weighted by Gasteiger charge is 2.14. The number of non-ortho nitro benzene ring substituents is 1. The van der Waals surface area contributed by atoms with Crippen LogP contribution in [0.1, 0.15) is 5.56 Å². The molecule has 2 rings (SSSR count). The summed E-state index contributed by atoms with van der Waals surface area (Å²) in [5, 5.41) is 10.4. The van der Waals surface area contributed by atoms with E-state index in [1.807, 2.05) is 0 Å². The van der Waals surface area contributed by atoms with Crippen LogP contribution in [0.25, 0.3) is 0 Å². The lowest BCUT2D eigenvalue weighted by atomic mass is 10.2. The Labute approximate surface area is 74.0 Å². The van der Waals surface area contributed by atoms with Crippen molar-refractivity contribution < 1.29 is 14.4 Å². The zero-order chi connectivity index (χ0) is 9.26. The van der Waals surface area contributed by atoms with Gasteiger partial charge in [0.2, 0.25) is 0 Å². The van der Waals surface area contributed by atoms with E-state index in [0.717, 1.165) is 5.56 Å². The third-order valence-electron chi connectivity index (χ3n) is 1.82. The lowest BCUT2D eigenvalue weighted by Gasteiger charge is -2.16. The van der Waals surface area contributed by atoms with Gasteiger partial charge < -0.3 is 9.47 Å². The average Bonchev–Trinajstić information content (AvgIpc) is 2.17. The summed E-state index contributed by atoms with van der Waals surface area (Å²) >= 11 is 0.